The van der Waals surface area contributed by atoms with Crippen molar-refractivity contribution in [3.63, 3.8) is 0 Å². The lowest BCUT2D eigenvalue weighted by Gasteiger charge is -2.03. The van der Waals surface area contributed by atoms with Crippen molar-refractivity contribution in [1.29, 1.82) is 0 Å². The third-order valence-electron chi connectivity index (χ3n) is 2.75. The van der Waals surface area contributed by atoms with Crippen LogP contribution < -0.4 is 10.5 Å². The van der Waals surface area contributed by atoms with Crippen LogP contribution in [0.5, 0.6) is 5.75 Å². The second-order valence-electron chi connectivity index (χ2n) is 3.88. The standard InChI is InChI=1S/C13H11N3OS/c1-17-11-5-4-8-6-10(3-2-9(8)7-11)12-15-13(14)18-16-12/h2-7H,1H3,(H2,14,15,16). The maximum absolute atomic E-state index is 5.59. The molecule has 0 atom stereocenters. The normalized spacial score (nSPS) is 10.7. The summed E-state index contributed by atoms with van der Waals surface area (Å²) in [4.78, 5) is 4.18. The number of rotatable bonds is 2. The first-order valence-electron chi connectivity index (χ1n) is 5.43. The van der Waals surface area contributed by atoms with Gasteiger partial charge in [-0.25, -0.2) is 0 Å². The molecule has 2 aromatic carbocycles. The van der Waals surface area contributed by atoms with Gasteiger partial charge in [0.1, 0.15) is 5.75 Å². The van der Waals surface area contributed by atoms with Crippen LogP contribution in [0.2, 0.25) is 0 Å². The van der Waals surface area contributed by atoms with E-state index in [0.29, 0.717) is 11.0 Å². The summed E-state index contributed by atoms with van der Waals surface area (Å²) in [5.74, 6) is 1.53. The quantitative estimate of drug-likeness (QED) is 0.766. The highest BCUT2D eigenvalue weighted by atomic mass is 32.1. The Labute approximate surface area is 108 Å². The minimum absolute atomic E-state index is 0.486. The molecule has 0 fully saturated rings. The number of anilines is 1. The molecule has 0 amide bonds. The molecule has 3 rings (SSSR count). The molecule has 0 unspecified atom stereocenters. The predicted molar refractivity (Wildman–Crippen MR) is 73.8 cm³/mol. The summed E-state index contributed by atoms with van der Waals surface area (Å²) in [6.07, 6.45) is 0. The molecule has 0 radical (unpaired) electrons. The average Bonchev–Trinajstić information content (AvgIpc) is 2.84. The fourth-order valence-corrected chi connectivity index (χ4v) is 2.30. The van der Waals surface area contributed by atoms with Crippen molar-refractivity contribution in [1.82, 2.24) is 9.36 Å². The van der Waals surface area contributed by atoms with E-state index in [1.807, 2.05) is 30.3 Å². The largest absolute Gasteiger partial charge is 0.497 e. The third kappa shape index (κ3) is 1.89. The molecule has 2 N–H and O–H groups in total. The summed E-state index contributed by atoms with van der Waals surface area (Å²) in [6.45, 7) is 0. The van der Waals surface area contributed by atoms with E-state index in [2.05, 4.69) is 15.4 Å². The summed E-state index contributed by atoms with van der Waals surface area (Å²) < 4.78 is 9.41. The molecule has 18 heavy (non-hydrogen) atoms. The molecule has 0 spiro atoms. The highest BCUT2D eigenvalue weighted by Gasteiger charge is 2.05. The summed E-state index contributed by atoms with van der Waals surface area (Å²) in [7, 11) is 1.66. The van der Waals surface area contributed by atoms with Crippen molar-refractivity contribution < 1.29 is 4.74 Å². The number of nitrogens with zero attached hydrogens (tertiary/aromatic N) is 2. The van der Waals surface area contributed by atoms with Crippen LogP contribution in [0.1, 0.15) is 0 Å². The van der Waals surface area contributed by atoms with E-state index < -0.39 is 0 Å². The van der Waals surface area contributed by atoms with Gasteiger partial charge in [0.15, 0.2) is 11.0 Å². The highest BCUT2D eigenvalue weighted by Crippen LogP contribution is 2.26. The Morgan fingerprint density at radius 3 is 2.61 bits per heavy atom. The number of fused-ring (bicyclic) bond motifs is 1. The lowest BCUT2D eigenvalue weighted by Crippen LogP contribution is -1.85. The van der Waals surface area contributed by atoms with Crippen LogP contribution in [-0.4, -0.2) is 16.5 Å². The van der Waals surface area contributed by atoms with Crippen LogP contribution in [0, 0.1) is 0 Å². The van der Waals surface area contributed by atoms with Crippen LogP contribution in [0.25, 0.3) is 22.2 Å². The molecule has 0 aliphatic heterocycles. The molecular weight excluding hydrogens is 246 g/mol. The first kappa shape index (κ1) is 11.0. The molecule has 0 saturated heterocycles. The number of nitrogen functional groups attached to an aromatic ring is 1. The molecule has 0 aliphatic rings. The molecule has 90 valence electrons. The van der Waals surface area contributed by atoms with Crippen LogP contribution in [-0.2, 0) is 0 Å². The van der Waals surface area contributed by atoms with E-state index in [-0.39, 0.29) is 0 Å². The topological polar surface area (TPSA) is 61.0 Å². The summed E-state index contributed by atoms with van der Waals surface area (Å²) in [5.41, 5.74) is 6.57. The van der Waals surface area contributed by atoms with Crippen molar-refractivity contribution in [2.45, 2.75) is 0 Å². The zero-order valence-electron chi connectivity index (χ0n) is 9.75. The van der Waals surface area contributed by atoms with Crippen molar-refractivity contribution in [2.24, 2.45) is 0 Å². The van der Waals surface area contributed by atoms with Gasteiger partial charge >= 0.3 is 0 Å². The predicted octanol–water partition coefficient (Wildman–Crippen LogP) is 2.95. The first-order valence-corrected chi connectivity index (χ1v) is 6.21. The zero-order chi connectivity index (χ0) is 12.5. The van der Waals surface area contributed by atoms with E-state index in [9.17, 15) is 0 Å². The molecule has 4 nitrogen and oxygen atoms in total. The Balaban J connectivity index is 2.11. The van der Waals surface area contributed by atoms with E-state index in [0.717, 1.165) is 22.1 Å². The SMILES string of the molecule is COc1ccc2cc(-c3nsc(N)n3)ccc2c1. The Morgan fingerprint density at radius 2 is 1.89 bits per heavy atom. The Bertz CT molecular complexity index is 708. The maximum Gasteiger partial charge on any atom is 0.200 e. The smallest absolute Gasteiger partial charge is 0.200 e. The second-order valence-corrected chi connectivity index (χ2v) is 4.67. The molecular formula is C13H11N3OS. The fraction of sp³-hybridized carbons (Fsp3) is 0.0769. The number of methoxy groups -OCH3 is 1. The number of ether oxygens (including phenoxy) is 1. The molecule has 3 aromatic rings. The van der Waals surface area contributed by atoms with Gasteiger partial charge in [-0.3, -0.25) is 0 Å². The van der Waals surface area contributed by atoms with Crippen LogP contribution >= 0.6 is 11.5 Å². The number of aromatic nitrogens is 2. The van der Waals surface area contributed by atoms with Gasteiger partial charge in [-0.1, -0.05) is 18.2 Å². The van der Waals surface area contributed by atoms with Gasteiger partial charge in [0, 0.05) is 17.1 Å². The van der Waals surface area contributed by atoms with E-state index in [4.69, 9.17) is 10.5 Å². The Hall–Kier alpha value is -2.14. The van der Waals surface area contributed by atoms with Crippen LogP contribution in [0.15, 0.2) is 36.4 Å². The Kier molecular flexibility index (Phi) is 2.60. The van der Waals surface area contributed by atoms with Crippen molar-refractivity contribution in [3.8, 4) is 17.1 Å². The second kappa shape index (κ2) is 4.27. The molecule has 0 aliphatic carbocycles. The van der Waals surface area contributed by atoms with Crippen LogP contribution in [0.3, 0.4) is 0 Å². The average molecular weight is 257 g/mol. The fourth-order valence-electron chi connectivity index (χ4n) is 1.84. The minimum atomic E-state index is 0.486. The molecule has 1 aromatic heterocycles. The minimum Gasteiger partial charge on any atom is -0.497 e. The number of hydrogen-bond donors (Lipinski definition) is 1. The van der Waals surface area contributed by atoms with E-state index in [1.54, 1.807) is 7.11 Å². The Morgan fingerprint density at radius 1 is 1.11 bits per heavy atom. The van der Waals surface area contributed by atoms with Crippen molar-refractivity contribution in [2.75, 3.05) is 12.8 Å². The molecule has 0 saturated carbocycles. The highest BCUT2D eigenvalue weighted by molar-refractivity contribution is 7.09. The van der Waals surface area contributed by atoms with Gasteiger partial charge in [0.2, 0.25) is 0 Å². The van der Waals surface area contributed by atoms with E-state index >= 15 is 0 Å². The first-order chi connectivity index (χ1) is 8.76. The summed E-state index contributed by atoms with van der Waals surface area (Å²) in [5, 5.41) is 2.74. The van der Waals surface area contributed by atoms with Gasteiger partial charge in [0.05, 0.1) is 7.11 Å². The van der Waals surface area contributed by atoms with Gasteiger partial charge in [-0.05, 0) is 29.0 Å². The van der Waals surface area contributed by atoms with Gasteiger partial charge in [0.25, 0.3) is 0 Å². The van der Waals surface area contributed by atoms with Gasteiger partial charge in [-0.15, -0.1) is 0 Å². The molecule has 1 heterocycles. The lowest BCUT2D eigenvalue weighted by molar-refractivity contribution is 0.415. The number of hydrogen-bond acceptors (Lipinski definition) is 5. The zero-order valence-corrected chi connectivity index (χ0v) is 10.6. The van der Waals surface area contributed by atoms with Crippen molar-refractivity contribution in [3.05, 3.63) is 36.4 Å². The third-order valence-corrected chi connectivity index (χ3v) is 3.29. The molecule has 0 bridgehead atoms. The van der Waals surface area contributed by atoms with E-state index in [1.165, 1.54) is 11.5 Å². The summed E-state index contributed by atoms with van der Waals surface area (Å²) >= 11 is 1.21. The van der Waals surface area contributed by atoms with Crippen molar-refractivity contribution >= 4 is 27.4 Å². The van der Waals surface area contributed by atoms with Crippen LogP contribution in [0.4, 0.5) is 5.13 Å². The van der Waals surface area contributed by atoms with Gasteiger partial charge in [-0.2, -0.15) is 9.36 Å². The summed E-state index contributed by atoms with van der Waals surface area (Å²) in [6, 6.07) is 12.0. The monoisotopic (exact) mass is 257 g/mol. The lowest BCUT2D eigenvalue weighted by atomic mass is 10.1. The maximum atomic E-state index is 5.59. The number of benzene rings is 2. The molecule has 5 heteroatoms. The number of nitrogens with two attached hydrogens (primary N) is 1. The van der Waals surface area contributed by atoms with Gasteiger partial charge < -0.3 is 10.5 Å².